The molecule has 3 rings (SSSR count). The van der Waals surface area contributed by atoms with Gasteiger partial charge in [-0.05, 0) is 26.0 Å². The summed E-state index contributed by atoms with van der Waals surface area (Å²) in [6.45, 7) is 3.77. The molecule has 2 aromatic heterocycles. The predicted octanol–water partition coefficient (Wildman–Crippen LogP) is 3.49. The molecule has 1 N–H and O–H groups in total. The summed E-state index contributed by atoms with van der Waals surface area (Å²) in [7, 11) is 0. The van der Waals surface area contributed by atoms with E-state index in [9.17, 15) is 0 Å². The molecule has 0 amide bonds. The van der Waals surface area contributed by atoms with Gasteiger partial charge in [0.25, 0.3) is 0 Å². The second-order valence-corrected chi connectivity index (χ2v) is 5.77. The predicted molar refractivity (Wildman–Crippen MR) is 75.8 cm³/mol. The van der Waals surface area contributed by atoms with Crippen LogP contribution in [0.3, 0.4) is 0 Å². The Labute approximate surface area is 114 Å². The minimum Gasteiger partial charge on any atom is -0.345 e. The minimum atomic E-state index is -0.541. The summed E-state index contributed by atoms with van der Waals surface area (Å²) < 4.78 is 0. The van der Waals surface area contributed by atoms with Crippen molar-refractivity contribution in [3.8, 4) is 17.3 Å². The van der Waals surface area contributed by atoms with Gasteiger partial charge in [-0.15, -0.1) is 11.3 Å². The lowest BCUT2D eigenvalue weighted by molar-refractivity contribution is 0.680. The number of H-pyrrole nitrogens is 1. The Morgan fingerprint density at radius 3 is 3.00 bits per heavy atom. The summed E-state index contributed by atoms with van der Waals surface area (Å²) in [6, 6.07) is 8.28. The lowest BCUT2D eigenvalue weighted by atomic mass is 9.97. The first-order valence-corrected chi connectivity index (χ1v) is 6.79. The van der Waals surface area contributed by atoms with Crippen LogP contribution in [0.25, 0.3) is 22.3 Å². The topological polar surface area (TPSA) is 65.4 Å². The van der Waals surface area contributed by atoms with E-state index in [2.05, 4.69) is 21.0 Å². The van der Waals surface area contributed by atoms with Gasteiger partial charge in [0.05, 0.1) is 29.1 Å². The molecule has 0 aliphatic rings. The number of aromatic amines is 1. The standard InChI is InChI=1S/C14H12N4S/c1-14(2,7-15)13-18-12(6-19-13)9-3-4-10-11(5-9)17-8-16-10/h3-6,8H,1-2H3,(H,16,17). The fraction of sp³-hybridized carbons (Fsp3) is 0.214. The first-order valence-electron chi connectivity index (χ1n) is 5.91. The van der Waals surface area contributed by atoms with E-state index in [1.165, 1.54) is 11.3 Å². The molecule has 94 valence electrons. The van der Waals surface area contributed by atoms with Gasteiger partial charge in [-0.3, -0.25) is 0 Å². The van der Waals surface area contributed by atoms with Gasteiger partial charge in [-0.25, -0.2) is 9.97 Å². The van der Waals surface area contributed by atoms with Crippen molar-refractivity contribution in [1.29, 1.82) is 5.26 Å². The van der Waals surface area contributed by atoms with Crippen LogP contribution in [0, 0.1) is 11.3 Å². The molecule has 0 bridgehead atoms. The molecule has 0 radical (unpaired) electrons. The summed E-state index contributed by atoms with van der Waals surface area (Å²) in [5.74, 6) is 0. The second kappa shape index (κ2) is 4.18. The minimum absolute atomic E-state index is 0.541. The maximum absolute atomic E-state index is 9.14. The molecule has 0 saturated heterocycles. The highest BCUT2D eigenvalue weighted by atomic mass is 32.1. The first kappa shape index (κ1) is 11.9. The average molecular weight is 268 g/mol. The Kier molecular flexibility index (Phi) is 2.61. The summed E-state index contributed by atoms with van der Waals surface area (Å²) >= 11 is 1.52. The normalized spacial score (nSPS) is 11.6. The number of aromatic nitrogens is 3. The second-order valence-electron chi connectivity index (χ2n) is 4.91. The number of hydrogen-bond donors (Lipinski definition) is 1. The largest absolute Gasteiger partial charge is 0.345 e. The SMILES string of the molecule is CC(C)(C#N)c1nc(-c2ccc3nc[nH]c3c2)cs1. The van der Waals surface area contributed by atoms with Crippen molar-refractivity contribution in [2.75, 3.05) is 0 Å². The number of nitrogens with zero attached hydrogens (tertiary/aromatic N) is 3. The summed E-state index contributed by atoms with van der Waals surface area (Å²) in [5.41, 5.74) is 3.33. The van der Waals surface area contributed by atoms with E-state index in [1.54, 1.807) is 6.33 Å². The lowest BCUT2D eigenvalue weighted by Gasteiger charge is -2.09. The zero-order valence-electron chi connectivity index (χ0n) is 10.6. The monoisotopic (exact) mass is 268 g/mol. The van der Waals surface area contributed by atoms with E-state index in [-0.39, 0.29) is 0 Å². The molecule has 0 atom stereocenters. The third kappa shape index (κ3) is 2.00. The Balaban J connectivity index is 2.05. The number of nitriles is 1. The van der Waals surface area contributed by atoms with Crippen molar-refractivity contribution in [2.24, 2.45) is 0 Å². The summed E-state index contributed by atoms with van der Waals surface area (Å²) in [4.78, 5) is 11.9. The molecular weight excluding hydrogens is 256 g/mol. The molecule has 0 aliphatic heterocycles. The fourth-order valence-electron chi connectivity index (χ4n) is 1.84. The number of benzene rings is 1. The maximum Gasteiger partial charge on any atom is 0.113 e. The van der Waals surface area contributed by atoms with Crippen LogP contribution < -0.4 is 0 Å². The van der Waals surface area contributed by atoms with E-state index in [0.717, 1.165) is 27.3 Å². The third-order valence-corrected chi connectivity index (χ3v) is 4.20. The molecule has 0 spiro atoms. The van der Waals surface area contributed by atoms with Crippen LogP contribution in [0.15, 0.2) is 29.9 Å². The quantitative estimate of drug-likeness (QED) is 0.773. The number of nitrogens with one attached hydrogen (secondary N) is 1. The van der Waals surface area contributed by atoms with E-state index < -0.39 is 5.41 Å². The highest BCUT2D eigenvalue weighted by Crippen LogP contribution is 2.30. The van der Waals surface area contributed by atoms with Gasteiger partial charge in [0.1, 0.15) is 10.4 Å². The molecule has 19 heavy (non-hydrogen) atoms. The molecule has 0 saturated carbocycles. The van der Waals surface area contributed by atoms with Gasteiger partial charge < -0.3 is 4.98 Å². The van der Waals surface area contributed by atoms with Crippen LogP contribution in [0.1, 0.15) is 18.9 Å². The van der Waals surface area contributed by atoms with Gasteiger partial charge >= 0.3 is 0 Å². The van der Waals surface area contributed by atoms with E-state index >= 15 is 0 Å². The Morgan fingerprint density at radius 1 is 1.37 bits per heavy atom. The molecule has 1 aromatic carbocycles. The molecule has 2 heterocycles. The average Bonchev–Trinajstić information content (AvgIpc) is 3.06. The lowest BCUT2D eigenvalue weighted by Crippen LogP contribution is -2.13. The van der Waals surface area contributed by atoms with Gasteiger partial charge in [0, 0.05) is 10.9 Å². The highest BCUT2D eigenvalue weighted by Gasteiger charge is 2.24. The Hall–Kier alpha value is -2.19. The van der Waals surface area contributed by atoms with Crippen molar-refractivity contribution in [3.05, 3.63) is 34.9 Å². The molecule has 0 unspecified atom stereocenters. The van der Waals surface area contributed by atoms with Gasteiger partial charge in [0.15, 0.2) is 0 Å². The van der Waals surface area contributed by atoms with E-state index in [0.29, 0.717) is 0 Å². The fourth-order valence-corrected chi connectivity index (χ4v) is 2.74. The van der Waals surface area contributed by atoms with Crippen LogP contribution in [0.2, 0.25) is 0 Å². The van der Waals surface area contributed by atoms with Crippen LogP contribution >= 0.6 is 11.3 Å². The zero-order chi connectivity index (χ0) is 13.5. The number of fused-ring (bicyclic) bond motifs is 1. The number of rotatable bonds is 2. The zero-order valence-corrected chi connectivity index (χ0v) is 11.5. The molecule has 0 aliphatic carbocycles. The van der Waals surface area contributed by atoms with Crippen LogP contribution in [-0.2, 0) is 5.41 Å². The van der Waals surface area contributed by atoms with Gasteiger partial charge in [-0.1, -0.05) is 6.07 Å². The summed E-state index contributed by atoms with van der Waals surface area (Å²) in [5, 5.41) is 12.0. The maximum atomic E-state index is 9.14. The van der Waals surface area contributed by atoms with Crippen molar-refractivity contribution in [1.82, 2.24) is 15.0 Å². The smallest absolute Gasteiger partial charge is 0.113 e. The molecular formula is C14H12N4S. The summed E-state index contributed by atoms with van der Waals surface area (Å²) in [6.07, 6.45) is 1.68. The van der Waals surface area contributed by atoms with E-state index in [4.69, 9.17) is 5.26 Å². The molecule has 3 aromatic rings. The molecule has 5 heteroatoms. The third-order valence-electron chi connectivity index (χ3n) is 3.03. The highest BCUT2D eigenvalue weighted by molar-refractivity contribution is 7.10. The van der Waals surface area contributed by atoms with Gasteiger partial charge in [-0.2, -0.15) is 5.26 Å². The van der Waals surface area contributed by atoms with Crippen molar-refractivity contribution < 1.29 is 0 Å². The van der Waals surface area contributed by atoms with Crippen LogP contribution in [-0.4, -0.2) is 15.0 Å². The van der Waals surface area contributed by atoms with Gasteiger partial charge in [0.2, 0.25) is 0 Å². The van der Waals surface area contributed by atoms with E-state index in [1.807, 2.05) is 37.4 Å². The molecule has 0 fully saturated rings. The Morgan fingerprint density at radius 2 is 2.21 bits per heavy atom. The first-order chi connectivity index (χ1) is 9.10. The van der Waals surface area contributed by atoms with Crippen molar-refractivity contribution in [2.45, 2.75) is 19.3 Å². The van der Waals surface area contributed by atoms with Crippen LogP contribution in [0.4, 0.5) is 0 Å². The molecule has 4 nitrogen and oxygen atoms in total. The number of hydrogen-bond acceptors (Lipinski definition) is 4. The van der Waals surface area contributed by atoms with Crippen LogP contribution in [0.5, 0.6) is 0 Å². The van der Waals surface area contributed by atoms with Crippen molar-refractivity contribution >= 4 is 22.4 Å². The van der Waals surface area contributed by atoms with Crippen molar-refractivity contribution in [3.63, 3.8) is 0 Å². The number of imidazole rings is 1. The Bertz CT molecular complexity index is 776. The number of thiazole rings is 1.